The highest BCUT2D eigenvalue weighted by Gasteiger charge is 1.99. The lowest BCUT2D eigenvalue weighted by atomic mass is 10.3. The number of pyridine rings is 1. The predicted molar refractivity (Wildman–Crippen MR) is 44.8 cm³/mol. The fraction of sp³-hybridized carbons (Fsp3) is 0.167. The van der Waals surface area contributed by atoms with Gasteiger partial charge in [-0.2, -0.15) is 0 Å². The first-order chi connectivity index (χ1) is 4.74. The lowest BCUT2D eigenvalue weighted by Crippen LogP contribution is -2.00. The van der Waals surface area contributed by atoms with E-state index >= 15 is 0 Å². The van der Waals surface area contributed by atoms with Gasteiger partial charge < -0.3 is 5.73 Å². The van der Waals surface area contributed by atoms with Gasteiger partial charge in [0.25, 0.3) is 0 Å². The van der Waals surface area contributed by atoms with Crippen molar-refractivity contribution in [3.05, 3.63) is 27.3 Å². The summed E-state index contributed by atoms with van der Waals surface area (Å²) in [5.74, 6) is -0.276. The second-order valence-corrected chi connectivity index (χ2v) is 2.91. The van der Waals surface area contributed by atoms with E-state index in [-0.39, 0.29) is 12.4 Å². The van der Waals surface area contributed by atoms with E-state index in [0.717, 1.165) is 0 Å². The molecule has 1 heterocycles. The minimum atomic E-state index is -0.276. The van der Waals surface area contributed by atoms with Gasteiger partial charge in [0.1, 0.15) is 9.52 Å². The highest BCUT2D eigenvalue weighted by Crippen LogP contribution is 2.07. The van der Waals surface area contributed by atoms with Crippen LogP contribution in [0.4, 0.5) is 4.39 Å². The topological polar surface area (TPSA) is 38.9 Å². The SMILES string of the molecule is NCc1cnc(I)cc1F. The maximum Gasteiger partial charge on any atom is 0.131 e. The predicted octanol–water partition coefficient (Wildman–Crippen LogP) is 1.28. The van der Waals surface area contributed by atoms with E-state index in [2.05, 4.69) is 4.98 Å². The molecule has 0 aliphatic heterocycles. The van der Waals surface area contributed by atoms with E-state index in [0.29, 0.717) is 9.26 Å². The molecule has 0 spiro atoms. The Bertz CT molecular complexity index is 239. The quantitative estimate of drug-likeness (QED) is 0.604. The Morgan fingerprint density at radius 1 is 1.70 bits per heavy atom. The van der Waals surface area contributed by atoms with Gasteiger partial charge in [-0.1, -0.05) is 0 Å². The molecular formula is C6H6FIN2. The maximum atomic E-state index is 12.7. The molecule has 2 nitrogen and oxygen atoms in total. The average molecular weight is 252 g/mol. The van der Waals surface area contributed by atoms with Gasteiger partial charge in [0.2, 0.25) is 0 Å². The van der Waals surface area contributed by atoms with Crippen LogP contribution in [-0.2, 0) is 6.54 Å². The Kier molecular flexibility index (Phi) is 2.56. The minimum absolute atomic E-state index is 0.204. The monoisotopic (exact) mass is 252 g/mol. The van der Waals surface area contributed by atoms with E-state index in [4.69, 9.17) is 5.73 Å². The first kappa shape index (κ1) is 7.87. The van der Waals surface area contributed by atoms with Gasteiger partial charge >= 0.3 is 0 Å². The van der Waals surface area contributed by atoms with Crippen LogP contribution >= 0.6 is 22.6 Å². The number of aromatic nitrogens is 1. The van der Waals surface area contributed by atoms with Crippen molar-refractivity contribution in [1.29, 1.82) is 0 Å². The van der Waals surface area contributed by atoms with Gasteiger partial charge in [0.15, 0.2) is 0 Å². The molecule has 0 bridgehead atoms. The van der Waals surface area contributed by atoms with Crippen molar-refractivity contribution in [2.45, 2.75) is 6.54 Å². The molecule has 54 valence electrons. The van der Waals surface area contributed by atoms with Crippen LogP contribution in [0.3, 0.4) is 0 Å². The smallest absolute Gasteiger partial charge is 0.131 e. The maximum absolute atomic E-state index is 12.7. The van der Waals surface area contributed by atoms with Gasteiger partial charge in [-0.05, 0) is 22.6 Å². The normalized spacial score (nSPS) is 9.90. The zero-order chi connectivity index (χ0) is 7.56. The molecule has 0 aromatic carbocycles. The molecule has 1 rings (SSSR count). The number of hydrogen-bond donors (Lipinski definition) is 1. The molecule has 2 N–H and O–H groups in total. The summed E-state index contributed by atoms with van der Waals surface area (Å²) in [6.45, 7) is 0.204. The third-order valence-electron chi connectivity index (χ3n) is 1.12. The number of rotatable bonds is 1. The molecule has 10 heavy (non-hydrogen) atoms. The van der Waals surface area contributed by atoms with Crippen LogP contribution in [0.5, 0.6) is 0 Å². The summed E-state index contributed by atoms with van der Waals surface area (Å²) in [5.41, 5.74) is 5.68. The van der Waals surface area contributed by atoms with Crippen molar-refractivity contribution in [3.8, 4) is 0 Å². The van der Waals surface area contributed by atoms with Gasteiger partial charge in [-0.3, -0.25) is 0 Å². The van der Waals surface area contributed by atoms with Crippen LogP contribution in [0.2, 0.25) is 0 Å². The molecule has 1 aromatic heterocycles. The lowest BCUT2D eigenvalue weighted by molar-refractivity contribution is 0.606. The second-order valence-electron chi connectivity index (χ2n) is 1.80. The van der Waals surface area contributed by atoms with Crippen molar-refractivity contribution in [3.63, 3.8) is 0 Å². The van der Waals surface area contributed by atoms with E-state index < -0.39 is 0 Å². The zero-order valence-corrected chi connectivity index (χ0v) is 7.30. The molecule has 0 amide bonds. The van der Waals surface area contributed by atoms with Crippen LogP contribution in [0.25, 0.3) is 0 Å². The Labute approximate surface area is 71.8 Å². The first-order valence-corrected chi connectivity index (χ1v) is 3.82. The van der Waals surface area contributed by atoms with Crippen LogP contribution < -0.4 is 5.73 Å². The second kappa shape index (κ2) is 3.25. The van der Waals surface area contributed by atoms with Crippen molar-refractivity contribution in [2.24, 2.45) is 5.73 Å². The minimum Gasteiger partial charge on any atom is -0.326 e. The van der Waals surface area contributed by atoms with Crippen molar-refractivity contribution in [1.82, 2.24) is 4.98 Å². The molecular weight excluding hydrogens is 246 g/mol. The van der Waals surface area contributed by atoms with Gasteiger partial charge in [-0.25, -0.2) is 9.37 Å². The standard InChI is InChI=1S/C6H6FIN2/c7-5-1-6(8)10-3-4(5)2-9/h1,3H,2,9H2. The van der Waals surface area contributed by atoms with Gasteiger partial charge in [0.05, 0.1) is 0 Å². The fourth-order valence-corrected chi connectivity index (χ4v) is 0.999. The Hall–Kier alpha value is -0.230. The van der Waals surface area contributed by atoms with Gasteiger partial charge in [0, 0.05) is 24.4 Å². The highest BCUT2D eigenvalue weighted by molar-refractivity contribution is 14.1. The van der Waals surface area contributed by atoms with E-state index in [1.807, 2.05) is 22.6 Å². The zero-order valence-electron chi connectivity index (χ0n) is 5.14. The molecule has 4 heteroatoms. The molecule has 0 atom stereocenters. The summed E-state index contributed by atoms with van der Waals surface area (Å²) in [7, 11) is 0. The molecule has 0 fully saturated rings. The summed E-state index contributed by atoms with van der Waals surface area (Å²) >= 11 is 1.95. The van der Waals surface area contributed by atoms with E-state index in [9.17, 15) is 4.39 Å². The third-order valence-corrected chi connectivity index (χ3v) is 1.71. The van der Waals surface area contributed by atoms with E-state index in [1.165, 1.54) is 12.3 Å². The number of nitrogens with zero attached hydrogens (tertiary/aromatic N) is 1. The van der Waals surface area contributed by atoms with Crippen LogP contribution in [0, 0.1) is 9.52 Å². The molecule has 0 aliphatic rings. The summed E-state index contributed by atoms with van der Waals surface area (Å²) in [6.07, 6.45) is 1.46. The Balaban J connectivity index is 3.07. The van der Waals surface area contributed by atoms with Crippen molar-refractivity contribution < 1.29 is 4.39 Å². The van der Waals surface area contributed by atoms with E-state index in [1.54, 1.807) is 0 Å². The molecule has 0 unspecified atom stereocenters. The van der Waals surface area contributed by atoms with Crippen LogP contribution in [-0.4, -0.2) is 4.98 Å². The molecule has 0 saturated carbocycles. The summed E-state index contributed by atoms with van der Waals surface area (Å²) in [4.78, 5) is 3.88. The molecule has 1 aromatic rings. The van der Waals surface area contributed by atoms with Crippen LogP contribution in [0.15, 0.2) is 12.3 Å². The largest absolute Gasteiger partial charge is 0.326 e. The van der Waals surface area contributed by atoms with Crippen LogP contribution in [0.1, 0.15) is 5.56 Å². The first-order valence-electron chi connectivity index (χ1n) is 2.74. The summed E-state index contributed by atoms with van der Waals surface area (Å²) in [5, 5.41) is 0. The van der Waals surface area contributed by atoms with Gasteiger partial charge in [-0.15, -0.1) is 0 Å². The fourth-order valence-electron chi connectivity index (χ4n) is 0.586. The van der Waals surface area contributed by atoms with Crippen molar-refractivity contribution >= 4 is 22.6 Å². The average Bonchev–Trinajstić information content (AvgIpc) is 1.88. The van der Waals surface area contributed by atoms with Crippen molar-refractivity contribution in [2.75, 3.05) is 0 Å². The number of nitrogens with two attached hydrogens (primary N) is 1. The highest BCUT2D eigenvalue weighted by atomic mass is 127. The summed E-state index contributed by atoms with van der Waals surface area (Å²) in [6, 6.07) is 1.36. The Morgan fingerprint density at radius 2 is 2.40 bits per heavy atom. The molecule has 0 saturated heterocycles. The number of halogens is 2. The third kappa shape index (κ3) is 1.63. The lowest BCUT2D eigenvalue weighted by Gasteiger charge is -1.96. The number of hydrogen-bond acceptors (Lipinski definition) is 2. The molecule has 0 aliphatic carbocycles. The molecule has 0 radical (unpaired) electrons. The Morgan fingerprint density at radius 3 is 2.90 bits per heavy atom. The summed E-state index contributed by atoms with van der Waals surface area (Å²) < 4.78 is 13.4.